The second-order valence-electron chi connectivity index (χ2n) is 4.67. The van der Waals surface area contributed by atoms with Crippen LogP contribution in [-0.4, -0.2) is 16.1 Å². The summed E-state index contributed by atoms with van der Waals surface area (Å²) in [4.78, 5) is 15.4. The fraction of sp³-hybridized carbons (Fsp3) is 0.125. The molecule has 0 radical (unpaired) electrons. The number of carbonyl (C=O) groups is 1. The molecule has 3 rings (SSSR count). The van der Waals surface area contributed by atoms with Gasteiger partial charge in [0.25, 0.3) is 0 Å². The fourth-order valence-corrected chi connectivity index (χ4v) is 2.14. The third kappa shape index (κ3) is 2.16. The molecule has 0 saturated carbocycles. The van der Waals surface area contributed by atoms with Gasteiger partial charge in [0.15, 0.2) is 5.58 Å². The molecule has 0 aliphatic rings. The molecule has 20 heavy (non-hydrogen) atoms. The van der Waals surface area contributed by atoms with E-state index in [1.54, 1.807) is 6.07 Å². The van der Waals surface area contributed by atoms with Gasteiger partial charge in [0, 0.05) is 0 Å². The molecule has 4 nitrogen and oxygen atoms in total. The zero-order valence-electron chi connectivity index (χ0n) is 10.9. The molecule has 100 valence electrons. The zero-order valence-corrected chi connectivity index (χ0v) is 10.9. The van der Waals surface area contributed by atoms with Crippen LogP contribution < -0.4 is 0 Å². The molecule has 1 unspecified atom stereocenters. The number of aromatic carboxylic acids is 1. The van der Waals surface area contributed by atoms with Crippen LogP contribution in [0, 0.1) is 0 Å². The molecule has 4 heteroatoms. The first-order valence-electron chi connectivity index (χ1n) is 6.34. The van der Waals surface area contributed by atoms with Gasteiger partial charge in [-0.05, 0) is 30.7 Å². The number of rotatable bonds is 3. The molecule has 1 aromatic heterocycles. The van der Waals surface area contributed by atoms with Gasteiger partial charge in [-0.3, -0.25) is 0 Å². The fourth-order valence-electron chi connectivity index (χ4n) is 2.14. The van der Waals surface area contributed by atoms with Gasteiger partial charge in [-0.15, -0.1) is 0 Å². The molecule has 0 fully saturated rings. The lowest BCUT2D eigenvalue weighted by Gasteiger charge is -2.06. The Hall–Kier alpha value is -2.62. The van der Waals surface area contributed by atoms with Gasteiger partial charge in [-0.1, -0.05) is 30.3 Å². The SMILES string of the molecule is CC(c1ccccc1)c1nc2ccc(C(=O)O)cc2o1. The topological polar surface area (TPSA) is 63.3 Å². The Morgan fingerprint density at radius 3 is 2.65 bits per heavy atom. The lowest BCUT2D eigenvalue weighted by atomic mass is 10.0. The normalized spacial score (nSPS) is 12.4. The molecule has 0 spiro atoms. The van der Waals surface area contributed by atoms with E-state index in [4.69, 9.17) is 9.52 Å². The Morgan fingerprint density at radius 2 is 1.95 bits per heavy atom. The van der Waals surface area contributed by atoms with Crippen LogP contribution in [0.4, 0.5) is 0 Å². The van der Waals surface area contributed by atoms with Crippen molar-refractivity contribution in [3.63, 3.8) is 0 Å². The molecule has 0 aliphatic heterocycles. The van der Waals surface area contributed by atoms with Crippen LogP contribution in [0.15, 0.2) is 52.9 Å². The summed E-state index contributed by atoms with van der Waals surface area (Å²) in [5, 5.41) is 8.98. The van der Waals surface area contributed by atoms with E-state index in [-0.39, 0.29) is 11.5 Å². The molecule has 1 heterocycles. The Balaban J connectivity index is 2.03. The number of hydrogen-bond donors (Lipinski definition) is 1. The molecule has 1 N–H and O–H groups in total. The number of aromatic nitrogens is 1. The first-order valence-corrected chi connectivity index (χ1v) is 6.34. The smallest absolute Gasteiger partial charge is 0.335 e. The third-order valence-electron chi connectivity index (χ3n) is 3.32. The number of oxazole rings is 1. The van der Waals surface area contributed by atoms with E-state index in [1.165, 1.54) is 12.1 Å². The Bertz CT molecular complexity index is 762. The van der Waals surface area contributed by atoms with Crippen molar-refractivity contribution in [1.82, 2.24) is 4.98 Å². The molecule has 0 saturated heterocycles. The van der Waals surface area contributed by atoms with Crippen molar-refractivity contribution >= 4 is 17.1 Å². The van der Waals surface area contributed by atoms with Gasteiger partial charge >= 0.3 is 5.97 Å². The third-order valence-corrected chi connectivity index (χ3v) is 3.32. The summed E-state index contributed by atoms with van der Waals surface area (Å²) in [6, 6.07) is 14.6. The summed E-state index contributed by atoms with van der Waals surface area (Å²) in [6.45, 7) is 2.01. The quantitative estimate of drug-likeness (QED) is 0.786. The van der Waals surface area contributed by atoms with E-state index in [2.05, 4.69) is 4.98 Å². The van der Waals surface area contributed by atoms with Gasteiger partial charge in [0.1, 0.15) is 5.52 Å². The molecule has 0 amide bonds. The van der Waals surface area contributed by atoms with Crippen LogP contribution in [0.25, 0.3) is 11.1 Å². The van der Waals surface area contributed by atoms with E-state index in [9.17, 15) is 4.79 Å². The molecular weight excluding hydrogens is 254 g/mol. The van der Waals surface area contributed by atoms with Crippen molar-refractivity contribution in [2.24, 2.45) is 0 Å². The van der Waals surface area contributed by atoms with E-state index >= 15 is 0 Å². The number of carboxylic acids is 1. The minimum absolute atomic E-state index is 0.0249. The number of hydrogen-bond acceptors (Lipinski definition) is 3. The van der Waals surface area contributed by atoms with E-state index < -0.39 is 5.97 Å². The first kappa shape index (κ1) is 12.4. The number of benzene rings is 2. The van der Waals surface area contributed by atoms with Crippen molar-refractivity contribution in [1.29, 1.82) is 0 Å². The number of carboxylic acid groups (broad SMARTS) is 1. The molecule has 0 bridgehead atoms. The maximum atomic E-state index is 10.9. The standard InChI is InChI=1S/C16H13NO3/c1-10(11-5-3-2-4-6-11)15-17-13-8-7-12(16(18)19)9-14(13)20-15/h2-10H,1H3,(H,18,19). The highest BCUT2D eigenvalue weighted by Crippen LogP contribution is 2.27. The summed E-state index contributed by atoms with van der Waals surface area (Å²) in [5.74, 6) is -0.355. The van der Waals surface area contributed by atoms with Gasteiger partial charge in [-0.25, -0.2) is 9.78 Å². The van der Waals surface area contributed by atoms with Gasteiger partial charge in [-0.2, -0.15) is 0 Å². The number of fused-ring (bicyclic) bond motifs is 1. The van der Waals surface area contributed by atoms with Gasteiger partial charge < -0.3 is 9.52 Å². The largest absolute Gasteiger partial charge is 0.478 e. The van der Waals surface area contributed by atoms with E-state index in [0.29, 0.717) is 17.0 Å². The van der Waals surface area contributed by atoms with Crippen molar-refractivity contribution in [3.05, 3.63) is 65.5 Å². The highest BCUT2D eigenvalue weighted by Gasteiger charge is 2.16. The summed E-state index contributed by atoms with van der Waals surface area (Å²) < 4.78 is 5.70. The van der Waals surface area contributed by atoms with Crippen molar-refractivity contribution in [2.45, 2.75) is 12.8 Å². The second kappa shape index (κ2) is 4.81. The van der Waals surface area contributed by atoms with Crippen LogP contribution in [0.3, 0.4) is 0 Å². The van der Waals surface area contributed by atoms with Crippen LogP contribution >= 0.6 is 0 Å². The highest BCUT2D eigenvalue weighted by atomic mass is 16.4. The zero-order chi connectivity index (χ0) is 14.1. The molecule has 3 aromatic rings. The van der Waals surface area contributed by atoms with E-state index in [0.717, 1.165) is 5.56 Å². The molecular formula is C16H13NO3. The molecule has 1 atom stereocenters. The Kier molecular flexibility index (Phi) is 2.99. The Labute approximate surface area is 115 Å². The highest BCUT2D eigenvalue weighted by molar-refractivity contribution is 5.91. The van der Waals surface area contributed by atoms with Gasteiger partial charge in [0.05, 0.1) is 11.5 Å². The van der Waals surface area contributed by atoms with Gasteiger partial charge in [0.2, 0.25) is 5.89 Å². The summed E-state index contributed by atoms with van der Waals surface area (Å²) in [6.07, 6.45) is 0. The first-order chi connectivity index (χ1) is 9.65. The minimum atomic E-state index is -0.971. The average molecular weight is 267 g/mol. The van der Waals surface area contributed by atoms with E-state index in [1.807, 2.05) is 37.3 Å². The van der Waals surface area contributed by atoms with Crippen LogP contribution in [0.5, 0.6) is 0 Å². The molecule has 2 aromatic carbocycles. The Morgan fingerprint density at radius 1 is 1.20 bits per heavy atom. The van der Waals surface area contributed by atoms with Crippen molar-refractivity contribution < 1.29 is 14.3 Å². The maximum absolute atomic E-state index is 10.9. The summed E-state index contributed by atoms with van der Waals surface area (Å²) in [5.41, 5.74) is 2.49. The lowest BCUT2D eigenvalue weighted by molar-refractivity contribution is 0.0697. The lowest BCUT2D eigenvalue weighted by Crippen LogP contribution is -1.95. The van der Waals surface area contributed by atoms with Crippen molar-refractivity contribution in [3.8, 4) is 0 Å². The van der Waals surface area contributed by atoms with Crippen LogP contribution in [0.1, 0.15) is 34.7 Å². The molecule has 0 aliphatic carbocycles. The number of nitrogens with zero attached hydrogens (tertiary/aromatic N) is 1. The maximum Gasteiger partial charge on any atom is 0.335 e. The minimum Gasteiger partial charge on any atom is -0.478 e. The summed E-state index contributed by atoms with van der Waals surface area (Å²) >= 11 is 0. The average Bonchev–Trinajstić information content (AvgIpc) is 2.90. The van der Waals surface area contributed by atoms with Crippen LogP contribution in [-0.2, 0) is 0 Å². The van der Waals surface area contributed by atoms with Crippen LogP contribution in [0.2, 0.25) is 0 Å². The monoisotopic (exact) mass is 267 g/mol. The predicted molar refractivity (Wildman–Crippen MR) is 74.9 cm³/mol. The van der Waals surface area contributed by atoms with Crippen molar-refractivity contribution in [2.75, 3.05) is 0 Å². The summed E-state index contributed by atoms with van der Waals surface area (Å²) in [7, 11) is 0. The second-order valence-corrected chi connectivity index (χ2v) is 4.67. The predicted octanol–water partition coefficient (Wildman–Crippen LogP) is 3.68.